The Labute approximate surface area is 263 Å². The lowest BCUT2D eigenvalue weighted by molar-refractivity contribution is -0.000897. The summed E-state index contributed by atoms with van der Waals surface area (Å²) in [5, 5.41) is 24.5. The molecule has 1 aromatic heterocycles. The van der Waals surface area contributed by atoms with Crippen LogP contribution in [-0.2, 0) is 23.2 Å². The van der Waals surface area contributed by atoms with Gasteiger partial charge in [0, 0.05) is 35.9 Å². The fraction of sp³-hybridized carbons (Fsp3) is 0.289. The summed E-state index contributed by atoms with van der Waals surface area (Å²) in [5.41, 5.74) is 4.19. The molecule has 0 unspecified atom stereocenters. The van der Waals surface area contributed by atoms with Crippen molar-refractivity contribution in [1.29, 1.82) is 0 Å². The zero-order chi connectivity index (χ0) is 31.3. The van der Waals surface area contributed by atoms with Gasteiger partial charge in [0.05, 0.1) is 24.2 Å². The van der Waals surface area contributed by atoms with Crippen LogP contribution in [0.4, 0.5) is 10.5 Å². The number of aliphatic hydroxyl groups is 2. The molecular formula is C38H39N3O4. The molecule has 4 aromatic carbocycles. The van der Waals surface area contributed by atoms with Crippen LogP contribution in [0.25, 0.3) is 10.9 Å². The first-order chi connectivity index (χ1) is 21.7. The average Bonchev–Trinajstić information content (AvgIpc) is 3.62. The van der Waals surface area contributed by atoms with Crippen molar-refractivity contribution in [1.82, 2.24) is 9.47 Å². The number of para-hydroxylation sites is 2. The van der Waals surface area contributed by atoms with E-state index in [1.54, 1.807) is 4.90 Å². The third kappa shape index (κ3) is 4.69. The zero-order valence-corrected chi connectivity index (χ0v) is 25.9. The van der Waals surface area contributed by atoms with Gasteiger partial charge in [-0.15, -0.1) is 0 Å². The van der Waals surface area contributed by atoms with Gasteiger partial charge in [-0.2, -0.15) is 0 Å². The largest absolute Gasteiger partial charge is 0.444 e. The maximum absolute atomic E-state index is 14.2. The van der Waals surface area contributed by atoms with E-state index in [4.69, 9.17) is 4.74 Å². The highest BCUT2D eigenvalue weighted by atomic mass is 16.6. The molecule has 7 heteroatoms. The number of fused-ring (bicyclic) bond motifs is 4. The first kappa shape index (κ1) is 29.1. The lowest BCUT2D eigenvalue weighted by atomic mass is 9.70. The number of anilines is 1. The third-order valence-electron chi connectivity index (χ3n) is 9.23. The van der Waals surface area contributed by atoms with E-state index in [1.165, 1.54) is 0 Å². The lowest BCUT2D eigenvalue weighted by Gasteiger charge is -2.39. The van der Waals surface area contributed by atoms with Gasteiger partial charge in [-0.25, -0.2) is 4.79 Å². The predicted octanol–water partition coefficient (Wildman–Crippen LogP) is 6.29. The summed E-state index contributed by atoms with van der Waals surface area (Å²) in [6.45, 7) is 6.23. The number of benzene rings is 4. The molecule has 2 aliphatic heterocycles. The van der Waals surface area contributed by atoms with E-state index < -0.39 is 42.0 Å². The van der Waals surface area contributed by atoms with Crippen molar-refractivity contribution in [3.63, 3.8) is 0 Å². The molecule has 0 bridgehead atoms. The summed E-state index contributed by atoms with van der Waals surface area (Å²) in [7, 11) is 0. The van der Waals surface area contributed by atoms with Crippen LogP contribution in [0.15, 0.2) is 115 Å². The van der Waals surface area contributed by atoms with Crippen LogP contribution in [0.5, 0.6) is 0 Å². The molecular weight excluding hydrogens is 562 g/mol. The SMILES string of the molecule is CC(C)(C)OC(=O)N1[C@H](CO)[C@@H](O)[C@]2(c3cn(Cc4ccccc4)c4ccccc34)c3ccccc3N(Cc3ccccc3)[C@H]12. The number of hydrogen-bond donors (Lipinski definition) is 2. The van der Waals surface area contributed by atoms with Gasteiger partial charge in [0.15, 0.2) is 0 Å². The first-order valence-electron chi connectivity index (χ1n) is 15.6. The number of likely N-dealkylation sites (tertiary alicyclic amines) is 1. The molecule has 5 aromatic rings. The van der Waals surface area contributed by atoms with E-state index in [0.29, 0.717) is 13.1 Å². The van der Waals surface area contributed by atoms with Gasteiger partial charge in [-0.3, -0.25) is 4.90 Å². The number of aromatic nitrogens is 1. The summed E-state index contributed by atoms with van der Waals surface area (Å²) in [5.74, 6) is 0. The second-order valence-corrected chi connectivity index (χ2v) is 13.1. The van der Waals surface area contributed by atoms with Crippen molar-refractivity contribution < 1.29 is 19.7 Å². The van der Waals surface area contributed by atoms with Crippen LogP contribution in [-0.4, -0.2) is 56.3 Å². The third-order valence-corrected chi connectivity index (χ3v) is 9.23. The molecule has 2 N–H and O–H groups in total. The monoisotopic (exact) mass is 601 g/mol. The summed E-state index contributed by atoms with van der Waals surface area (Å²) in [6, 6.07) is 35.9. The molecule has 7 rings (SSSR count). The summed E-state index contributed by atoms with van der Waals surface area (Å²) >= 11 is 0. The topological polar surface area (TPSA) is 78.2 Å². The second kappa shape index (κ2) is 11.1. The minimum absolute atomic E-state index is 0.414. The van der Waals surface area contributed by atoms with E-state index in [1.807, 2.05) is 81.4 Å². The Bertz CT molecular complexity index is 1830. The van der Waals surface area contributed by atoms with Gasteiger partial charge < -0.3 is 24.4 Å². The highest BCUT2D eigenvalue weighted by Crippen LogP contribution is 2.59. The van der Waals surface area contributed by atoms with Crippen molar-refractivity contribution in [2.45, 2.75) is 63.2 Å². The van der Waals surface area contributed by atoms with E-state index >= 15 is 0 Å². The minimum atomic E-state index is -1.13. The maximum atomic E-state index is 14.2. The molecule has 1 amide bonds. The quantitative estimate of drug-likeness (QED) is 0.239. The zero-order valence-electron chi connectivity index (χ0n) is 25.9. The maximum Gasteiger partial charge on any atom is 0.412 e. The number of aliphatic hydroxyl groups excluding tert-OH is 2. The van der Waals surface area contributed by atoms with Crippen molar-refractivity contribution in [3.05, 3.63) is 138 Å². The van der Waals surface area contributed by atoms with Gasteiger partial charge >= 0.3 is 6.09 Å². The van der Waals surface area contributed by atoms with Crippen LogP contribution in [0.3, 0.4) is 0 Å². The molecule has 0 saturated carbocycles. The van der Waals surface area contributed by atoms with Gasteiger partial charge in [-0.1, -0.05) is 97.1 Å². The number of rotatable bonds is 6. The van der Waals surface area contributed by atoms with Crippen molar-refractivity contribution in [3.8, 4) is 0 Å². The Hall–Kier alpha value is -4.59. The second-order valence-electron chi connectivity index (χ2n) is 13.1. The smallest absolute Gasteiger partial charge is 0.412 e. The standard InChI is InChI=1S/C38H39N3O4/c1-37(2,3)45-36(44)41-33(25-42)34(43)38(29-19-11-13-21-32(29)40(35(38)41)23-27-16-8-5-9-17-27)30-24-39(22-26-14-6-4-7-15-26)31-20-12-10-18-28(30)31/h4-21,24,33-35,42-43H,22-23,25H2,1-3H3/t33-,34-,35-,38-/m1/s1. The molecule has 3 heterocycles. The summed E-state index contributed by atoms with van der Waals surface area (Å²) < 4.78 is 8.22. The highest BCUT2D eigenvalue weighted by molar-refractivity contribution is 5.89. The molecule has 1 saturated heterocycles. The van der Waals surface area contributed by atoms with Crippen LogP contribution >= 0.6 is 0 Å². The summed E-state index contributed by atoms with van der Waals surface area (Å²) in [6.07, 6.45) is -0.221. The Balaban J connectivity index is 1.50. The van der Waals surface area contributed by atoms with E-state index in [2.05, 4.69) is 64.2 Å². The molecule has 1 fully saturated rings. The van der Waals surface area contributed by atoms with Crippen LogP contribution < -0.4 is 4.90 Å². The van der Waals surface area contributed by atoms with Crippen molar-refractivity contribution in [2.24, 2.45) is 0 Å². The molecule has 0 aliphatic carbocycles. The van der Waals surface area contributed by atoms with Crippen LogP contribution in [0.2, 0.25) is 0 Å². The number of amides is 1. The number of nitrogens with zero attached hydrogens (tertiary/aromatic N) is 3. The molecule has 230 valence electrons. The van der Waals surface area contributed by atoms with Crippen molar-refractivity contribution in [2.75, 3.05) is 11.5 Å². The molecule has 0 spiro atoms. The van der Waals surface area contributed by atoms with Gasteiger partial charge in [-0.05, 0) is 55.2 Å². The molecule has 2 aliphatic rings. The molecule has 7 nitrogen and oxygen atoms in total. The Morgan fingerprint density at radius 1 is 0.800 bits per heavy atom. The number of carbonyl (C=O) groups excluding carboxylic acids is 1. The predicted molar refractivity (Wildman–Crippen MR) is 176 cm³/mol. The van der Waals surface area contributed by atoms with Gasteiger partial charge in [0.2, 0.25) is 0 Å². The molecule has 4 atom stereocenters. The van der Waals surface area contributed by atoms with E-state index in [-0.39, 0.29) is 0 Å². The normalized spacial score (nSPS) is 22.5. The fourth-order valence-electron chi connectivity index (χ4n) is 7.53. The first-order valence-corrected chi connectivity index (χ1v) is 15.6. The highest BCUT2D eigenvalue weighted by Gasteiger charge is 2.69. The van der Waals surface area contributed by atoms with Gasteiger partial charge in [0.1, 0.15) is 11.8 Å². The molecule has 45 heavy (non-hydrogen) atoms. The van der Waals surface area contributed by atoms with Gasteiger partial charge in [0.25, 0.3) is 0 Å². The summed E-state index contributed by atoms with van der Waals surface area (Å²) in [4.78, 5) is 18.0. The Kier molecular flexibility index (Phi) is 7.18. The van der Waals surface area contributed by atoms with E-state index in [0.717, 1.165) is 38.8 Å². The minimum Gasteiger partial charge on any atom is -0.444 e. The fourth-order valence-corrected chi connectivity index (χ4v) is 7.53. The molecule has 0 radical (unpaired) electrons. The van der Waals surface area contributed by atoms with Crippen LogP contribution in [0.1, 0.15) is 43.0 Å². The van der Waals surface area contributed by atoms with E-state index in [9.17, 15) is 15.0 Å². The Morgan fingerprint density at radius 2 is 1.40 bits per heavy atom. The number of ether oxygens (including phenoxy) is 1. The number of hydrogen-bond acceptors (Lipinski definition) is 5. The average molecular weight is 602 g/mol. The van der Waals surface area contributed by atoms with Crippen LogP contribution in [0, 0.1) is 0 Å². The number of carbonyl (C=O) groups is 1. The van der Waals surface area contributed by atoms with Crippen molar-refractivity contribution >= 4 is 22.7 Å². The Morgan fingerprint density at radius 3 is 2.07 bits per heavy atom. The lowest BCUT2D eigenvalue weighted by Crippen LogP contribution is -2.55.